The Balaban J connectivity index is 1.60. The van der Waals surface area contributed by atoms with Crippen LogP contribution < -0.4 is 10.1 Å². The second kappa shape index (κ2) is 9.15. The molecule has 34 heavy (non-hydrogen) atoms. The topological polar surface area (TPSA) is 76.6 Å². The number of hydrogen-bond donors (Lipinski definition) is 1. The molecule has 2 aromatic carbocycles. The number of nitrogens with zero attached hydrogens (tertiary/aromatic N) is 3. The Hall–Kier alpha value is -3.91. The van der Waals surface area contributed by atoms with Crippen molar-refractivity contribution in [3.05, 3.63) is 95.4 Å². The maximum Gasteiger partial charge on any atom is 0.258 e. The summed E-state index contributed by atoms with van der Waals surface area (Å²) >= 11 is 5.75. The van der Waals surface area contributed by atoms with Crippen LogP contribution in [0.4, 0.5) is 0 Å². The normalized spacial score (nSPS) is 16.0. The number of hydrogen-bond acceptors (Lipinski definition) is 6. The van der Waals surface area contributed by atoms with E-state index in [-0.39, 0.29) is 6.04 Å². The van der Waals surface area contributed by atoms with E-state index in [0.717, 1.165) is 33.9 Å². The first-order valence-electron chi connectivity index (χ1n) is 10.9. The molecule has 7 nitrogen and oxygen atoms in total. The third kappa shape index (κ3) is 4.20. The van der Waals surface area contributed by atoms with E-state index in [1.165, 1.54) is 5.56 Å². The lowest BCUT2D eigenvalue weighted by atomic mass is 9.94. The summed E-state index contributed by atoms with van der Waals surface area (Å²) in [7, 11) is 1.65. The number of thiocarbonyl (C=S) groups is 1. The van der Waals surface area contributed by atoms with Crippen molar-refractivity contribution in [2.75, 3.05) is 7.11 Å². The molecule has 0 aliphatic carbocycles. The summed E-state index contributed by atoms with van der Waals surface area (Å²) in [5.74, 6) is 2.52. The number of rotatable bonds is 6. The smallest absolute Gasteiger partial charge is 0.258 e. The van der Waals surface area contributed by atoms with Crippen LogP contribution in [-0.2, 0) is 6.54 Å². The Morgan fingerprint density at radius 2 is 1.91 bits per heavy atom. The summed E-state index contributed by atoms with van der Waals surface area (Å²) in [6.07, 6.45) is 1.65. The number of furan rings is 1. The fraction of sp³-hybridized carbons (Fsp3) is 0.192. The average Bonchev–Trinajstić information content (AvgIpc) is 3.54. The van der Waals surface area contributed by atoms with E-state index in [1.807, 2.05) is 79.4 Å². The van der Waals surface area contributed by atoms with Gasteiger partial charge >= 0.3 is 0 Å². The van der Waals surface area contributed by atoms with Gasteiger partial charge in [0.15, 0.2) is 5.11 Å². The van der Waals surface area contributed by atoms with Gasteiger partial charge in [0.25, 0.3) is 5.89 Å². The molecule has 8 heteroatoms. The van der Waals surface area contributed by atoms with Crippen LogP contribution in [0, 0.1) is 6.92 Å². The molecule has 2 aromatic heterocycles. The standard InChI is InChI=1S/C26H24N4O3S/c1-16-9-11-18(12-10-16)24-28-25(33-29-24)22-17(2)30(15-21-8-5-13-32-21)26(34)27-23(22)19-6-4-7-20(14-19)31-3/h4-14,23H,15H2,1-3H3,(H,27,34). The Morgan fingerprint density at radius 3 is 2.65 bits per heavy atom. The molecule has 0 saturated heterocycles. The number of benzene rings is 2. The highest BCUT2D eigenvalue weighted by molar-refractivity contribution is 7.80. The van der Waals surface area contributed by atoms with Crippen molar-refractivity contribution < 1.29 is 13.7 Å². The minimum atomic E-state index is -0.290. The molecule has 172 valence electrons. The van der Waals surface area contributed by atoms with Crippen LogP contribution in [0.3, 0.4) is 0 Å². The van der Waals surface area contributed by atoms with Crippen molar-refractivity contribution >= 4 is 22.9 Å². The molecule has 0 saturated carbocycles. The molecule has 0 amide bonds. The van der Waals surface area contributed by atoms with Gasteiger partial charge in [-0.25, -0.2) is 0 Å². The first-order valence-corrected chi connectivity index (χ1v) is 11.3. The predicted octanol–water partition coefficient (Wildman–Crippen LogP) is 5.51. The van der Waals surface area contributed by atoms with Crippen molar-refractivity contribution in [2.45, 2.75) is 26.4 Å². The highest BCUT2D eigenvalue weighted by Gasteiger charge is 2.34. The van der Waals surface area contributed by atoms with E-state index < -0.39 is 0 Å². The van der Waals surface area contributed by atoms with Gasteiger partial charge in [0.05, 0.1) is 31.5 Å². The molecule has 5 rings (SSSR count). The zero-order valence-electron chi connectivity index (χ0n) is 19.1. The van der Waals surface area contributed by atoms with Crippen molar-refractivity contribution in [3.63, 3.8) is 0 Å². The fourth-order valence-electron chi connectivity index (χ4n) is 4.03. The molecule has 4 aromatic rings. The van der Waals surface area contributed by atoms with Gasteiger partial charge in [0.2, 0.25) is 5.82 Å². The quantitative estimate of drug-likeness (QED) is 0.368. The number of nitrogens with one attached hydrogen (secondary N) is 1. The first kappa shape index (κ1) is 21.9. The lowest BCUT2D eigenvalue weighted by Crippen LogP contribution is -2.45. The molecular formula is C26H24N4O3S. The highest BCUT2D eigenvalue weighted by Crippen LogP contribution is 2.38. The van der Waals surface area contributed by atoms with E-state index in [4.69, 9.17) is 30.9 Å². The highest BCUT2D eigenvalue weighted by atomic mass is 32.1. The number of aromatic nitrogens is 2. The predicted molar refractivity (Wildman–Crippen MR) is 133 cm³/mol. The van der Waals surface area contributed by atoms with Crippen LogP contribution in [-0.4, -0.2) is 27.3 Å². The van der Waals surface area contributed by atoms with E-state index in [1.54, 1.807) is 13.4 Å². The Bertz CT molecular complexity index is 1340. The molecule has 1 unspecified atom stereocenters. The minimum absolute atomic E-state index is 0.290. The van der Waals surface area contributed by atoms with Gasteiger partial charge in [-0.1, -0.05) is 47.1 Å². The largest absolute Gasteiger partial charge is 0.497 e. The average molecular weight is 473 g/mol. The van der Waals surface area contributed by atoms with Gasteiger partial charge < -0.3 is 23.9 Å². The van der Waals surface area contributed by atoms with Crippen molar-refractivity contribution in [3.8, 4) is 17.1 Å². The zero-order valence-corrected chi connectivity index (χ0v) is 19.9. The maximum atomic E-state index is 5.80. The number of methoxy groups -OCH3 is 1. The van der Waals surface area contributed by atoms with Gasteiger partial charge in [-0.2, -0.15) is 4.98 Å². The van der Waals surface area contributed by atoms with Gasteiger partial charge in [-0.15, -0.1) is 0 Å². The molecule has 1 atom stereocenters. The Morgan fingerprint density at radius 1 is 1.09 bits per heavy atom. The van der Waals surface area contributed by atoms with Crippen LogP contribution in [0.1, 0.15) is 35.7 Å². The molecule has 1 aliphatic heterocycles. The van der Waals surface area contributed by atoms with E-state index in [0.29, 0.717) is 23.4 Å². The molecular weight excluding hydrogens is 448 g/mol. The molecule has 0 bridgehead atoms. The minimum Gasteiger partial charge on any atom is -0.497 e. The van der Waals surface area contributed by atoms with Crippen LogP contribution in [0.25, 0.3) is 17.0 Å². The zero-order chi connectivity index (χ0) is 23.7. The van der Waals surface area contributed by atoms with Crippen LogP contribution in [0.2, 0.25) is 0 Å². The molecule has 1 N–H and O–H groups in total. The molecule has 0 radical (unpaired) electrons. The summed E-state index contributed by atoms with van der Waals surface area (Å²) in [4.78, 5) is 6.74. The van der Waals surface area contributed by atoms with Crippen molar-refractivity contribution in [1.82, 2.24) is 20.4 Å². The summed E-state index contributed by atoms with van der Waals surface area (Å²) in [6, 6.07) is 19.4. The molecule has 1 aliphatic rings. The van der Waals surface area contributed by atoms with Gasteiger partial charge in [-0.3, -0.25) is 0 Å². The third-order valence-corrected chi connectivity index (χ3v) is 6.22. The van der Waals surface area contributed by atoms with E-state index in [2.05, 4.69) is 10.5 Å². The van der Waals surface area contributed by atoms with Gasteiger partial charge in [0, 0.05) is 11.3 Å². The Kier molecular flexibility index (Phi) is 5.90. The van der Waals surface area contributed by atoms with Gasteiger partial charge in [0.1, 0.15) is 11.5 Å². The van der Waals surface area contributed by atoms with Crippen LogP contribution in [0.5, 0.6) is 5.75 Å². The molecule has 3 heterocycles. The van der Waals surface area contributed by atoms with Crippen molar-refractivity contribution in [2.24, 2.45) is 0 Å². The monoisotopic (exact) mass is 472 g/mol. The fourth-order valence-corrected chi connectivity index (χ4v) is 4.35. The van der Waals surface area contributed by atoms with Crippen molar-refractivity contribution in [1.29, 1.82) is 0 Å². The Labute approximate surface area is 203 Å². The van der Waals surface area contributed by atoms with Crippen LogP contribution >= 0.6 is 12.2 Å². The van der Waals surface area contributed by atoms with Crippen LogP contribution in [0.15, 0.2) is 81.6 Å². The lowest BCUT2D eigenvalue weighted by molar-refractivity contribution is 0.382. The lowest BCUT2D eigenvalue weighted by Gasteiger charge is -2.37. The summed E-state index contributed by atoms with van der Waals surface area (Å²) in [6.45, 7) is 4.54. The summed E-state index contributed by atoms with van der Waals surface area (Å²) < 4.78 is 16.8. The number of aryl methyl sites for hydroxylation is 1. The van der Waals surface area contributed by atoms with Gasteiger partial charge in [-0.05, 0) is 55.9 Å². The second-order valence-electron chi connectivity index (χ2n) is 8.11. The SMILES string of the molecule is COc1cccc(C2NC(=S)N(Cc3ccco3)C(C)=C2c2nc(-c3ccc(C)cc3)no2)c1. The third-order valence-electron chi connectivity index (χ3n) is 5.88. The summed E-state index contributed by atoms with van der Waals surface area (Å²) in [5, 5.41) is 8.31. The second-order valence-corrected chi connectivity index (χ2v) is 8.50. The number of ether oxygens (including phenoxy) is 1. The first-order chi connectivity index (χ1) is 16.5. The summed E-state index contributed by atoms with van der Waals surface area (Å²) in [5.41, 5.74) is 4.79. The van der Waals surface area contributed by atoms with E-state index in [9.17, 15) is 0 Å². The van der Waals surface area contributed by atoms with E-state index >= 15 is 0 Å². The number of allylic oxidation sites excluding steroid dienone is 1. The molecule has 0 spiro atoms. The maximum absolute atomic E-state index is 5.80. The molecule has 0 fully saturated rings.